The summed E-state index contributed by atoms with van der Waals surface area (Å²) in [5.41, 5.74) is 0.0993. The van der Waals surface area contributed by atoms with Gasteiger partial charge in [-0.2, -0.15) is 0 Å². The lowest BCUT2D eigenvalue weighted by Gasteiger charge is -2.09. The fourth-order valence-electron chi connectivity index (χ4n) is 2.03. The number of carbonyl (C=O) groups is 1. The second-order valence-corrected chi connectivity index (χ2v) is 6.65. The van der Waals surface area contributed by atoms with E-state index in [1.807, 2.05) is 0 Å². The maximum Gasteiger partial charge on any atom is 0.338 e. The highest BCUT2D eigenvalue weighted by molar-refractivity contribution is 7.90. The summed E-state index contributed by atoms with van der Waals surface area (Å²) in [7, 11) is -2.64. The maximum atomic E-state index is 12.5. The Morgan fingerprint density at radius 3 is 2.52 bits per heavy atom. The van der Waals surface area contributed by atoms with Gasteiger partial charge in [0, 0.05) is 12.1 Å². The van der Waals surface area contributed by atoms with Crippen molar-refractivity contribution in [3.8, 4) is 0 Å². The zero-order chi connectivity index (χ0) is 17.0. The lowest BCUT2D eigenvalue weighted by atomic mass is 10.1. The maximum absolute atomic E-state index is 12.5. The molecule has 0 saturated heterocycles. The largest absolute Gasteiger partial charge is 0.465 e. The summed E-state index contributed by atoms with van der Waals surface area (Å²) < 4.78 is 29.6. The predicted octanol–water partition coefficient (Wildman–Crippen LogP) is 2.36. The number of hydrogen-bond acceptors (Lipinski definition) is 6. The first-order valence-electron chi connectivity index (χ1n) is 6.48. The normalized spacial score (nSPS) is 11.0. The summed E-state index contributed by atoms with van der Waals surface area (Å²) in [6.07, 6.45) is 0. The highest BCUT2D eigenvalue weighted by Crippen LogP contribution is 2.23. The Labute approximate surface area is 132 Å². The molecule has 0 atom stereocenters. The van der Waals surface area contributed by atoms with E-state index in [-0.39, 0.29) is 21.7 Å². The van der Waals surface area contributed by atoms with Gasteiger partial charge >= 0.3 is 5.97 Å². The zero-order valence-electron chi connectivity index (χ0n) is 12.1. The average molecular weight is 335 g/mol. The molecule has 7 nitrogen and oxygen atoms in total. The Bertz CT molecular complexity index is 860. The lowest BCUT2D eigenvalue weighted by Crippen LogP contribution is -2.11. The van der Waals surface area contributed by atoms with Gasteiger partial charge in [0.05, 0.1) is 28.2 Å². The van der Waals surface area contributed by atoms with Crippen LogP contribution in [0.2, 0.25) is 0 Å². The number of non-ortho nitro benzene ring substituents is 1. The topological polar surface area (TPSA) is 104 Å². The molecule has 2 aromatic carbocycles. The number of esters is 1. The van der Waals surface area contributed by atoms with Crippen molar-refractivity contribution >= 4 is 21.5 Å². The van der Waals surface area contributed by atoms with Crippen molar-refractivity contribution in [3.63, 3.8) is 0 Å². The van der Waals surface area contributed by atoms with Crippen LogP contribution in [0.1, 0.15) is 15.9 Å². The Morgan fingerprint density at radius 1 is 1.17 bits per heavy atom. The van der Waals surface area contributed by atoms with E-state index in [4.69, 9.17) is 0 Å². The van der Waals surface area contributed by atoms with Crippen molar-refractivity contribution in [2.45, 2.75) is 10.6 Å². The fraction of sp³-hybridized carbons (Fsp3) is 0.133. The first-order chi connectivity index (χ1) is 10.8. The minimum Gasteiger partial charge on any atom is -0.465 e. The van der Waals surface area contributed by atoms with Crippen LogP contribution in [-0.2, 0) is 20.3 Å². The van der Waals surface area contributed by atoms with Crippen molar-refractivity contribution in [1.82, 2.24) is 0 Å². The third-order valence-corrected chi connectivity index (χ3v) is 4.82. The number of ether oxygens (including phenoxy) is 1. The van der Waals surface area contributed by atoms with Crippen LogP contribution in [-0.4, -0.2) is 26.4 Å². The molecule has 2 aromatic rings. The van der Waals surface area contributed by atoms with Gasteiger partial charge in [-0.3, -0.25) is 10.1 Å². The Morgan fingerprint density at radius 2 is 1.87 bits per heavy atom. The Balaban J connectivity index is 2.42. The van der Waals surface area contributed by atoms with E-state index in [1.165, 1.54) is 37.4 Å². The number of carbonyl (C=O) groups excluding carboxylic acids is 1. The van der Waals surface area contributed by atoms with Gasteiger partial charge in [-0.15, -0.1) is 0 Å². The van der Waals surface area contributed by atoms with Gasteiger partial charge in [-0.25, -0.2) is 13.2 Å². The molecule has 0 N–H and O–H groups in total. The summed E-state index contributed by atoms with van der Waals surface area (Å²) >= 11 is 0. The molecule has 0 spiro atoms. The monoisotopic (exact) mass is 335 g/mol. The molecule has 0 amide bonds. The van der Waals surface area contributed by atoms with Gasteiger partial charge < -0.3 is 4.74 Å². The molecule has 0 aliphatic carbocycles. The first-order valence-corrected chi connectivity index (χ1v) is 8.14. The molecule has 0 heterocycles. The number of nitro benzene ring substituents is 1. The van der Waals surface area contributed by atoms with Crippen molar-refractivity contribution in [3.05, 3.63) is 69.8 Å². The fourth-order valence-corrected chi connectivity index (χ4v) is 3.45. The molecule has 0 unspecified atom stereocenters. The van der Waals surface area contributed by atoms with E-state index in [2.05, 4.69) is 4.74 Å². The van der Waals surface area contributed by atoms with Gasteiger partial charge in [-0.1, -0.05) is 24.3 Å². The predicted molar refractivity (Wildman–Crippen MR) is 81.8 cm³/mol. The molecule has 0 aromatic heterocycles. The van der Waals surface area contributed by atoms with E-state index in [9.17, 15) is 23.3 Å². The SMILES string of the molecule is COC(=O)c1ccccc1CS(=O)(=O)c1cccc([N+](=O)[O-])c1. The summed E-state index contributed by atoms with van der Waals surface area (Å²) in [6, 6.07) is 10.9. The molecule has 120 valence electrons. The summed E-state index contributed by atoms with van der Waals surface area (Å²) in [5.74, 6) is -1.10. The molecule has 8 heteroatoms. The van der Waals surface area contributed by atoms with Crippen molar-refractivity contribution in [2.75, 3.05) is 7.11 Å². The van der Waals surface area contributed by atoms with Gasteiger partial charge in [0.1, 0.15) is 0 Å². The summed E-state index contributed by atoms with van der Waals surface area (Å²) in [4.78, 5) is 21.6. The molecule has 0 bridgehead atoms. The number of benzene rings is 2. The molecule has 0 fully saturated rings. The highest BCUT2D eigenvalue weighted by atomic mass is 32.2. The van der Waals surface area contributed by atoms with Gasteiger partial charge in [0.25, 0.3) is 5.69 Å². The van der Waals surface area contributed by atoms with Crippen LogP contribution in [0.5, 0.6) is 0 Å². The quantitative estimate of drug-likeness (QED) is 0.472. The van der Waals surface area contributed by atoms with E-state index >= 15 is 0 Å². The van der Waals surface area contributed by atoms with Crippen LogP contribution in [0, 0.1) is 10.1 Å². The molecule has 2 rings (SSSR count). The smallest absolute Gasteiger partial charge is 0.338 e. The van der Waals surface area contributed by atoms with E-state index < -0.39 is 26.5 Å². The van der Waals surface area contributed by atoms with Crippen LogP contribution < -0.4 is 0 Å². The summed E-state index contributed by atoms with van der Waals surface area (Å²) in [5, 5.41) is 10.8. The van der Waals surface area contributed by atoms with Crippen molar-refractivity contribution in [2.24, 2.45) is 0 Å². The summed E-state index contributed by atoms with van der Waals surface area (Å²) in [6.45, 7) is 0. The van der Waals surface area contributed by atoms with Crippen LogP contribution in [0.15, 0.2) is 53.4 Å². The molecule has 0 aliphatic rings. The number of nitrogens with zero attached hydrogens (tertiary/aromatic N) is 1. The van der Waals surface area contributed by atoms with Crippen LogP contribution in [0.25, 0.3) is 0 Å². The number of nitro groups is 1. The Kier molecular flexibility index (Phi) is 4.75. The highest BCUT2D eigenvalue weighted by Gasteiger charge is 2.21. The van der Waals surface area contributed by atoms with Crippen LogP contribution in [0.3, 0.4) is 0 Å². The third kappa shape index (κ3) is 3.72. The third-order valence-electron chi connectivity index (χ3n) is 3.16. The molecule has 0 aliphatic heterocycles. The first kappa shape index (κ1) is 16.6. The second kappa shape index (κ2) is 6.57. The van der Waals surface area contributed by atoms with Crippen LogP contribution in [0.4, 0.5) is 5.69 Å². The van der Waals surface area contributed by atoms with Gasteiger partial charge in [-0.05, 0) is 17.7 Å². The molecular weight excluding hydrogens is 322 g/mol. The Hall–Kier alpha value is -2.74. The molecule has 23 heavy (non-hydrogen) atoms. The van der Waals surface area contributed by atoms with E-state index in [1.54, 1.807) is 12.1 Å². The minimum absolute atomic E-state index is 0.143. The van der Waals surface area contributed by atoms with Crippen molar-refractivity contribution in [1.29, 1.82) is 0 Å². The standard InChI is InChI=1S/C15H13NO6S/c1-22-15(17)14-8-3-2-5-11(14)10-23(20,21)13-7-4-6-12(9-13)16(18)19/h2-9H,10H2,1H3. The number of methoxy groups -OCH3 is 1. The average Bonchev–Trinajstić information content (AvgIpc) is 2.54. The minimum atomic E-state index is -3.85. The van der Waals surface area contributed by atoms with E-state index in [0.717, 1.165) is 6.07 Å². The second-order valence-electron chi connectivity index (χ2n) is 4.66. The molecule has 0 radical (unpaired) electrons. The van der Waals surface area contributed by atoms with Gasteiger partial charge in [0.2, 0.25) is 0 Å². The lowest BCUT2D eigenvalue weighted by molar-refractivity contribution is -0.385. The van der Waals surface area contributed by atoms with E-state index in [0.29, 0.717) is 0 Å². The zero-order valence-corrected chi connectivity index (χ0v) is 12.9. The van der Waals surface area contributed by atoms with Gasteiger partial charge in [0.15, 0.2) is 9.84 Å². The molecule has 0 saturated carbocycles. The number of hydrogen-bond donors (Lipinski definition) is 0. The van der Waals surface area contributed by atoms with Crippen LogP contribution >= 0.6 is 0 Å². The number of rotatable bonds is 5. The number of sulfone groups is 1. The molecular formula is C15H13NO6S. The van der Waals surface area contributed by atoms with Crippen molar-refractivity contribution < 1.29 is 22.9 Å².